The van der Waals surface area contributed by atoms with Gasteiger partial charge in [0.2, 0.25) is 0 Å². The predicted molar refractivity (Wildman–Crippen MR) is 121 cm³/mol. The van der Waals surface area contributed by atoms with E-state index in [1.54, 1.807) is 28.4 Å². The van der Waals surface area contributed by atoms with Crippen LogP contribution in [0.5, 0.6) is 0 Å². The molecule has 4 rings (SSSR count). The molecule has 0 spiro atoms. The molecule has 6 heteroatoms. The van der Waals surface area contributed by atoms with E-state index in [-0.39, 0.29) is 12.0 Å². The minimum absolute atomic E-state index is 0.0440. The molecule has 29 heavy (non-hydrogen) atoms. The van der Waals surface area contributed by atoms with Crippen molar-refractivity contribution in [2.75, 3.05) is 18.1 Å². The molecule has 1 aliphatic rings. The van der Waals surface area contributed by atoms with Crippen LogP contribution in [0.25, 0.3) is 16.3 Å². The van der Waals surface area contributed by atoms with Gasteiger partial charge in [-0.3, -0.25) is 9.69 Å². The van der Waals surface area contributed by atoms with E-state index in [0.29, 0.717) is 16.7 Å². The molecule has 1 aliphatic heterocycles. The summed E-state index contributed by atoms with van der Waals surface area (Å²) in [6.07, 6.45) is 5.36. The Labute approximate surface area is 179 Å². The fraction of sp³-hybridized carbons (Fsp3) is 0.304. The second-order valence-corrected chi connectivity index (χ2v) is 8.78. The molecule has 2 aromatic carbocycles. The number of halogens is 1. The van der Waals surface area contributed by atoms with Crippen LogP contribution in [0.1, 0.15) is 29.5 Å². The summed E-state index contributed by atoms with van der Waals surface area (Å²) < 4.78 is 6.89. The first-order chi connectivity index (χ1) is 14.0. The number of anilines is 1. The van der Waals surface area contributed by atoms with Gasteiger partial charge in [-0.05, 0) is 61.6 Å². The van der Waals surface area contributed by atoms with Gasteiger partial charge in [0.15, 0.2) is 5.13 Å². The van der Waals surface area contributed by atoms with Crippen LogP contribution < -0.4 is 4.90 Å². The van der Waals surface area contributed by atoms with Gasteiger partial charge in [0.05, 0.1) is 22.9 Å². The lowest BCUT2D eigenvalue weighted by Crippen LogP contribution is -2.36. The Hall–Kier alpha value is -2.21. The molecule has 1 aromatic heterocycles. The van der Waals surface area contributed by atoms with E-state index in [1.807, 2.05) is 24.3 Å². The first kappa shape index (κ1) is 20.1. The highest BCUT2D eigenvalue weighted by molar-refractivity contribution is 7.22. The van der Waals surface area contributed by atoms with Crippen LogP contribution in [0.2, 0.25) is 5.02 Å². The van der Waals surface area contributed by atoms with Crippen molar-refractivity contribution in [2.24, 2.45) is 0 Å². The first-order valence-electron chi connectivity index (χ1n) is 9.75. The summed E-state index contributed by atoms with van der Waals surface area (Å²) in [7, 11) is 0. The molecule has 0 radical (unpaired) electrons. The smallest absolute Gasteiger partial charge is 0.252 e. The highest BCUT2D eigenvalue weighted by atomic mass is 35.5. The summed E-state index contributed by atoms with van der Waals surface area (Å²) >= 11 is 7.77. The number of nitrogens with zero attached hydrogens (tertiary/aromatic N) is 2. The van der Waals surface area contributed by atoms with E-state index >= 15 is 0 Å². The number of thiazole rings is 1. The lowest BCUT2D eigenvalue weighted by atomic mass is 10.1. The summed E-state index contributed by atoms with van der Waals surface area (Å²) in [5, 5.41) is 1.33. The zero-order valence-corrected chi connectivity index (χ0v) is 18.1. The molecule has 1 atom stereocenters. The number of ether oxygens (including phenoxy) is 1. The van der Waals surface area contributed by atoms with Crippen molar-refractivity contribution in [3.8, 4) is 0 Å². The first-order valence-corrected chi connectivity index (χ1v) is 10.9. The molecule has 0 aliphatic carbocycles. The minimum Gasteiger partial charge on any atom is -0.376 e. The monoisotopic (exact) mass is 426 g/mol. The lowest BCUT2D eigenvalue weighted by molar-refractivity contribution is -0.114. The Bertz CT molecular complexity index is 1070. The number of benzene rings is 2. The molecule has 1 unspecified atom stereocenters. The topological polar surface area (TPSA) is 42.4 Å². The van der Waals surface area contributed by atoms with Crippen LogP contribution in [-0.2, 0) is 9.53 Å². The molecule has 3 aromatic rings. The molecule has 0 bridgehead atoms. The molecule has 150 valence electrons. The summed E-state index contributed by atoms with van der Waals surface area (Å²) in [6.45, 7) is 5.39. The van der Waals surface area contributed by atoms with Gasteiger partial charge in [-0.2, -0.15) is 0 Å². The second-order valence-electron chi connectivity index (χ2n) is 7.36. The molecule has 0 saturated carbocycles. The number of rotatable bonds is 5. The molecule has 2 heterocycles. The van der Waals surface area contributed by atoms with Crippen LogP contribution in [0, 0.1) is 13.8 Å². The third kappa shape index (κ3) is 4.53. The van der Waals surface area contributed by atoms with Gasteiger partial charge < -0.3 is 4.74 Å². The summed E-state index contributed by atoms with van der Waals surface area (Å²) in [4.78, 5) is 19.7. The van der Waals surface area contributed by atoms with Gasteiger partial charge in [-0.1, -0.05) is 47.2 Å². The third-order valence-electron chi connectivity index (χ3n) is 5.04. The summed E-state index contributed by atoms with van der Waals surface area (Å²) in [5.74, 6) is -0.117. The fourth-order valence-electron chi connectivity index (χ4n) is 3.59. The standard InChI is InChI=1S/C23H23ClN2O2S/c1-15-12-16(2)22-20(13-15)29-23(25-22)26(14-18-7-5-11-28-18)21(27)10-9-17-6-3-4-8-19(17)24/h3-4,6,8-10,12-13,18H,5,7,11,14H2,1-2H3/b10-9+. The number of hydrogen-bond donors (Lipinski definition) is 0. The molecular weight excluding hydrogens is 404 g/mol. The lowest BCUT2D eigenvalue weighted by Gasteiger charge is -2.21. The number of amides is 1. The Morgan fingerprint density at radius 3 is 2.93 bits per heavy atom. The van der Waals surface area contributed by atoms with Crippen LogP contribution in [0.3, 0.4) is 0 Å². The quantitative estimate of drug-likeness (QED) is 0.485. The molecular formula is C23H23ClN2O2S. The van der Waals surface area contributed by atoms with Crippen LogP contribution in [0.15, 0.2) is 42.5 Å². The number of carbonyl (C=O) groups excluding carboxylic acids is 1. The number of carbonyl (C=O) groups is 1. The van der Waals surface area contributed by atoms with E-state index in [9.17, 15) is 4.79 Å². The maximum Gasteiger partial charge on any atom is 0.252 e. The average Bonchev–Trinajstić information content (AvgIpc) is 3.34. The van der Waals surface area contributed by atoms with Crippen molar-refractivity contribution in [3.05, 3.63) is 64.2 Å². The Balaban J connectivity index is 1.66. The third-order valence-corrected chi connectivity index (χ3v) is 6.41. The van der Waals surface area contributed by atoms with E-state index in [4.69, 9.17) is 21.3 Å². The van der Waals surface area contributed by atoms with E-state index in [2.05, 4.69) is 26.0 Å². The van der Waals surface area contributed by atoms with Gasteiger partial charge in [-0.25, -0.2) is 4.98 Å². The van der Waals surface area contributed by atoms with Crippen molar-refractivity contribution in [3.63, 3.8) is 0 Å². The summed E-state index contributed by atoms with van der Waals surface area (Å²) in [6, 6.07) is 11.7. The number of hydrogen-bond acceptors (Lipinski definition) is 4. The zero-order chi connectivity index (χ0) is 20.4. The van der Waals surface area contributed by atoms with Gasteiger partial charge in [0, 0.05) is 17.7 Å². The largest absolute Gasteiger partial charge is 0.376 e. The van der Waals surface area contributed by atoms with E-state index < -0.39 is 0 Å². The van der Waals surface area contributed by atoms with Gasteiger partial charge >= 0.3 is 0 Å². The van der Waals surface area contributed by atoms with Crippen LogP contribution in [-0.4, -0.2) is 30.1 Å². The highest BCUT2D eigenvalue weighted by Gasteiger charge is 2.25. The normalized spacial score (nSPS) is 16.7. The van der Waals surface area contributed by atoms with Gasteiger partial charge in [0.1, 0.15) is 0 Å². The Morgan fingerprint density at radius 1 is 1.34 bits per heavy atom. The Kier molecular flexibility index (Phi) is 5.99. The van der Waals surface area contributed by atoms with Crippen LogP contribution in [0.4, 0.5) is 5.13 Å². The average molecular weight is 427 g/mol. The Morgan fingerprint density at radius 2 is 2.17 bits per heavy atom. The highest BCUT2D eigenvalue weighted by Crippen LogP contribution is 2.32. The van der Waals surface area contributed by atoms with Crippen molar-refractivity contribution < 1.29 is 9.53 Å². The van der Waals surface area contributed by atoms with Crippen molar-refractivity contribution in [1.82, 2.24) is 4.98 Å². The van der Waals surface area contributed by atoms with Gasteiger partial charge in [-0.15, -0.1) is 0 Å². The maximum atomic E-state index is 13.2. The molecule has 1 saturated heterocycles. The number of fused-ring (bicyclic) bond motifs is 1. The fourth-order valence-corrected chi connectivity index (χ4v) is 4.95. The van der Waals surface area contributed by atoms with Crippen LogP contribution >= 0.6 is 22.9 Å². The number of aryl methyl sites for hydroxylation is 2. The van der Waals surface area contributed by atoms with Crippen molar-refractivity contribution in [1.29, 1.82) is 0 Å². The van der Waals surface area contributed by atoms with E-state index in [0.717, 1.165) is 40.8 Å². The SMILES string of the molecule is Cc1cc(C)c2nc(N(CC3CCCO3)C(=O)/C=C/c3ccccc3Cl)sc2c1. The molecule has 4 nitrogen and oxygen atoms in total. The maximum absolute atomic E-state index is 13.2. The summed E-state index contributed by atoms with van der Waals surface area (Å²) in [5.41, 5.74) is 4.09. The number of aromatic nitrogens is 1. The van der Waals surface area contributed by atoms with Crippen molar-refractivity contribution in [2.45, 2.75) is 32.8 Å². The molecule has 1 amide bonds. The van der Waals surface area contributed by atoms with Crippen molar-refractivity contribution >= 4 is 50.3 Å². The molecule has 1 fully saturated rings. The minimum atomic E-state index is -0.117. The zero-order valence-electron chi connectivity index (χ0n) is 16.5. The predicted octanol–water partition coefficient (Wildman–Crippen LogP) is 5.79. The second kappa shape index (κ2) is 8.66. The van der Waals surface area contributed by atoms with Gasteiger partial charge in [0.25, 0.3) is 5.91 Å². The molecule has 0 N–H and O–H groups in total. The van der Waals surface area contributed by atoms with E-state index in [1.165, 1.54) is 5.56 Å².